The van der Waals surface area contributed by atoms with Crippen LogP contribution in [0.5, 0.6) is 0 Å². The van der Waals surface area contributed by atoms with Crippen LogP contribution < -0.4 is 10.2 Å². The molecule has 180 valence electrons. The first-order chi connectivity index (χ1) is 16.8. The Labute approximate surface area is 202 Å². The van der Waals surface area contributed by atoms with Gasteiger partial charge in [0.15, 0.2) is 0 Å². The van der Waals surface area contributed by atoms with Gasteiger partial charge in [0.25, 0.3) is 5.91 Å². The molecular weight excluding hydrogens is 450 g/mol. The molecule has 5 nitrogen and oxygen atoms in total. The maximum absolute atomic E-state index is 14.4. The Morgan fingerprint density at radius 2 is 1.83 bits per heavy atom. The Bertz CT molecular complexity index is 1300. The summed E-state index contributed by atoms with van der Waals surface area (Å²) < 4.78 is 32.6. The molecule has 3 aromatic carbocycles. The van der Waals surface area contributed by atoms with Crippen LogP contribution in [-0.4, -0.2) is 25.5 Å². The third-order valence-corrected chi connectivity index (χ3v) is 7.07. The lowest BCUT2D eigenvalue weighted by molar-refractivity contribution is 0.0600. The van der Waals surface area contributed by atoms with Crippen LogP contribution in [0.2, 0.25) is 0 Å². The van der Waals surface area contributed by atoms with Gasteiger partial charge in [-0.05, 0) is 55.2 Å². The average molecular weight is 477 g/mol. The summed E-state index contributed by atoms with van der Waals surface area (Å²) in [5.41, 5.74) is 4.15. The zero-order valence-corrected chi connectivity index (χ0v) is 19.6. The molecule has 1 aliphatic heterocycles. The summed E-state index contributed by atoms with van der Waals surface area (Å²) in [5.74, 6) is -1.84. The largest absolute Gasteiger partial charge is 0.465 e. The molecule has 1 spiro atoms. The molecule has 3 aromatic rings. The Morgan fingerprint density at radius 3 is 2.49 bits per heavy atom. The van der Waals surface area contributed by atoms with Crippen LogP contribution in [0.3, 0.4) is 0 Å². The number of nitrogens with one attached hydrogen (secondary N) is 1. The lowest BCUT2D eigenvalue weighted by atomic mass is 9.96. The van der Waals surface area contributed by atoms with Crippen LogP contribution in [-0.2, 0) is 16.7 Å². The predicted molar refractivity (Wildman–Crippen MR) is 128 cm³/mol. The fourth-order valence-corrected chi connectivity index (χ4v) is 4.98. The van der Waals surface area contributed by atoms with E-state index in [1.807, 2.05) is 17.9 Å². The second-order valence-corrected chi connectivity index (χ2v) is 9.38. The molecule has 0 radical (unpaired) electrons. The minimum Gasteiger partial charge on any atom is -0.465 e. The maximum atomic E-state index is 14.4. The van der Waals surface area contributed by atoms with Gasteiger partial charge >= 0.3 is 5.97 Å². The van der Waals surface area contributed by atoms with E-state index in [9.17, 15) is 18.4 Å². The van der Waals surface area contributed by atoms with E-state index in [0.29, 0.717) is 23.2 Å². The van der Waals surface area contributed by atoms with Crippen molar-refractivity contribution in [1.29, 1.82) is 0 Å². The molecule has 35 heavy (non-hydrogen) atoms. The number of nitrogens with zero attached hydrogens (tertiary/aromatic N) is 1. The monoisotopic (exact) mass is 476 g/mol. The number of hydrogen-bond donors (Lipinski definition) is 1. The standard InChI is InChI=1S/C28H26F2N2O3/c1-17(18-6-8-19(9-7-18)27(34)35-2)31-26(33)22-4-3-5-23-25(22)32(16-28(23)12-13-28)15-20-10-11-21(29)14-24(20)30/h3-11,14,17H,12-13,15-16H2,1-2H3,(H,31,33)/t17-/m0/s1. The van der Waals surface area contributed by atoms with Crippen molar-refractivity contribution in [1.82, 2.24) is 5.32 Å². The number of carbonyl (C=O) groups excluding carboxylic acids is 2. The van der Waals surface area contributed by atoms with Crippen molar-refractivity contribution < 1.29 is 23.1 Å². The molecule has 5 rings (SSSR count). The highest BCUT2D eigenvalue weighted by molar-refractivity contribution is 6.01. The van der Waals surface area contributed by atoms with Gasteiger partial charge in [-0.25, -0.2) is 13.6 Å². The number of rotatable bonds is 6. The molecule has 0 saturated heterocycles. The van der Waals surface area contributed by atoms with Crippen LogP contribution in [0, 0.1) is 11.6 Å². The van der Waals surface area contributed by atoms with Gasteiger partial charge in [-0.3, -0.25) is 4.79 Å². The first-order valence-electron chi connectivity index (χ1n) is 11.6. The zero-order valence-electron chi connectivity index (χ0n) is 19.6. The molecule has 7 heteroatoms. The molecule has 0 bridgehead atoms. The van der Waals surface area contributed by atoms with Crippen LogP contribution in [0.15, 0.2) is 60.7 Å². The minimum atomic E-state index is -0.611. The Hall–Kier alpha value is -3.74. The normalized spacial score (nSPS) is 16.1. The lowest BCUT2D eigenvalue weighted by Gasteiger charge is -2.23. The molecule has 1 atom stereocenters. The van der Waals surface area contributed by atoms with E-state index in [2.05, 4.69) is 11.4 Å². The summed E-state index contributed by atoms with van der Waals surface area (Å²) in [6.45, 7) is 2.84. The van der Waals surface area contributed by atoms with E-state index in [1.54, 1.807) is 30.3 Å². The van der Waals surface area contributed by atoms with Gasteiger partial charge in [-0.2, -0.15) is 0 Å². The molecule has 0 unspecified atom stereocenters. The number of esters is 1. The van der Waals surface area contributed by atoms with Gasteiger partial charge in [0.05, 0.1) is 30.0 Å². The maximum Gasteiger partial charge on any atom is 0.337 e. The summed E-state index contributed by atoms with van der Waals surface area (Å²) >= 11 is 0. The van der Waals surface area contributed by atoms with E-state index in [0.717, 1.165) is 35.7 Å². The number of carbonyl (C=O) groups is 2. The highest BCUT2D eigenvalue weighted by Gasteiger charge is 2.52. The smallest absolute Gasteiger partial charge is 0.337 e. The molecule has 0 aromatic heterocycles. The average Bonchev–Trinajstić information content (AvgIpc) is 3.57. The molecule has 1 heterocycles. The predicted octanol–water partition coefficient (Wildman–Crippen LogP) is 5.29. The number of anilines is 1. The van der Waals surface area contributed by atoms with Gasteiger partial charge in [0, 0.05) is 30.1 Å². The lowest BCUT2D eigenvalue weighted by Crippen LogP contribution is -2.30. The van der Waals surface area contributed by atoms with E-state index in [4.69, 9.17) is 4.74 Å². The van der Waals surface area contributed by atoms with Crippen LogP contribution in [0.1, 0.15) is 63.2 Å². The van der Waals surface area contributed by atoms with Crippen LogP contribution >= 0.6 is 0 Å². The van der Waals surface area contributed by atoms with Crippen LogP contribution in [0.25, 0.3) is 0 Å². The van der Waals surface area contributed by atoms with Crippen molar-refractivity contribution in [2.45, 2.75) is 37.8 Å². The minimum absolute atomic E-state index is 0.00252. The van der Waals surface area contributed by atoms with Gasteiger partial charge < -0.3 is 15.0 Å². The second-order valence-electron chi connectivity index (χ2n) is 9.38. The number of fused-ring (bicyclic) bond motifs is 2. The first kappa shape index (κ1) is 23.0. The van der Waals surface area contributed by atoms with Crippen molar-refractivity contribution in [2.24, 2.45) is 0 Å². The Morgan fingerprint density at radius 1 is 1.09 bits per heavy atom. The fraction of sp³-hybridized carbons (Fsp3) is 0.286. The van der Waals surface area contributed by atoms with Crippen molar-refractivity contribution >= 4 is 17.6 Å². The summed E-state index contributed by atoms with van der Waals surface area (Å²) in [6.07, 6.45) is 2.05. The Balaban J connectivity index is 1.40. The van der Waals surface area contributed by atoms with Gasteiger partial charge in [0.2, 0.25) is 0 Å². The molecule has 1 fully saturated rings. The molecule has 1 aliphatic carbocycles. The number of amides is 1. The van der Waals surface area contributed by atoms with Crippen LogP contribution in [0.4, 0.5) is 14.5 Å². The summed E-state index contributed by atoms with van der Waals surface area (Å²) in [5, 5.41) is 3.05. The second kappa shape index (κ2) is 8.80. The SMILES string of the molecule is COC(=O)c1ccc([C@H](C)NC(=O)c2cccc3c2N(Cc2ccc(F)cc2F)CC32CC2)cc1. The zero-order chi connectivity index (χ0) is 24.7. The molecule has 1 amide bonds. The first-order valence-corrected chi connectivity index (χ1v) is 11.6. The summed E-state index contributed by atoms with van der Waals surface area (Å²) in [7, 11) is 1.33. The molecule has 2 aliphatic rings. The molecular formula is C28H26F2N2O3. The summed E-state index contributed by atoms with van der Waals surface area (Å²) in [4.78, 5) is 27.1. The van der Waals surface area contributed by atoms with Crippen molar-refractivity contribution in [2.75, 3.05) is 18.6 Å². The van der Waals surface area contributed by atoms with E-state index < -0.39 is 17.6 Å². The van der Waals surface area contributed by atoms with Gasteiger partial charge in [-0.1, -0.05) is 30.3 Å². The number of ether oxygens (including phenoxy) is 1. The third kappa shape index (κ3) is 4.27. The van der Waals surface area contributed by atoms with Gasteiger partial charge in [-0.15, -0.1) is 0 Å². The van der Waals surface area contributed by atoms with E-state index in [-0.39, 0.29) is 23.9 Å². The van der Waals surface area contributed by atoms with E-state index >= 15 is 0 Å². The van der Waals surface area contributed by atoms with Gasteiger partial charge in [0.1, 0.15) is 11.6 Å². The van der Waals surface area contributed by atoms with Crippen molar-refractivity contribution in [3.8, 4) is 0 Å². The molecule has 1 N–H and O–H groups in total. The quantitative estimate of drug-likeness (QED) is 0.491. The highest BCUT2D eigenvalue weighted by atomic mass is 19.1. The summed E-state index contributed by atoms with van der Waals surface area (Å²) in [6, 6.07) is 16.0. The Kier molecular flexibility index (Phi) is 5.79. The van der Waals surface area contributed by atoms with E-state index in [1.165, 1.54) is 19.2 Å². The molecule has 1 saturated carbocycles. The fourth-order valence-electron chi connectivity index (χ4n) is 4.98. The number of para-hydroxylation sites is 1. The topological polar surface area (TPSA) is 58.6 Å². The number of benzene rings is 3. The highest BCUT2D eigenvalue weighted by Crippen LogP contribution is 2.57. The number of methoxy groups -OCH3 is 1. The number of hydrogen-bond acceptors (Lipinski definition) is 4. The third-order valence-electron chi connectivity index (χ3n) is 7.07. The van der Waals surface area contributed by atoms with Crippen molar-refractivity contribution in [3.05, 3.63) is 100 Å². The number of halogens is 2. The van der Waals surface area contributed by atoms with Crippen molar-refractivity contribution in [3.63, 3.8) is 0 Å².